The third kappa shape index (κ3) is 2.84. The van der Waals surface area contributed by atoms with Crippen molar-refractivity contribution >= 4 is 0 Å². The molecule has 1 heterocycles. The zero-order valence-electron chi connectivity index (χ0n) is 17.1. The molecule has 1 nitrogen and oxygen atoms in total. The SMILES string of the molecule is [2H]C([2H])([2H])c1ccc(-c2ccc(C([2H])([2H])[2H])c(-c3ccc(F)cc3)c2)nc1. The van der Waals surface area contributed by atoms with Crippen molar-refractivity contribution in [3.05, 3.63) is 77.7 Å². The molecule has 0 saturated carbocycles. The van der Waals surface area contributed by atoms with E-state index in [2.05, 4.69) is 4.98 Å². The molecule has 21 heavy (non-hydrogen) atoms. The van der Waals surface area contributed by atoms with Gasteiger partial charge in [0.25, 0.3) is 0 Å². The summed E-state index contributed by atoms with van der Waals surface area (Å²) in [5, 5.41) is 0. The lowest BCUT2D eigenvalue weighted by Crippen LogP contribution is -1.88. The Labute approximate surface area is 132 Å². The maximum absolute atomic E-state index is 13.2. The molecule has 0 N–H and O–H groups in total. The number of aromatic nitrogens is 1. The molecule has 0 aliphatic heterocycles. The molecule has 0 spiro atoms. The summed E-state index contributed by atoms with van der Waals surface area (Å²) in [4.78, 5) is 4.20. The van der Waals surface area contributed by atoms with Gasteiger partial charge in [0.1, 0.15) is 5.82 Å². The number of hydrogen-bond donors (Lipinski definition) is 0. The average Bonchev–Trinajstić information content (AvgIpc) is 2.60. The first-order chi connectivity index (χ1) is 12.6. The van der Waals surface area contributed by atoms with Crippen LogP contribution in [0.15, 0.2) is 60.8 Å². The van der Waals surface area contributed by atoms with Gasteiger partial charge in [-0.05, 0) is 60.2 Å². The van der Waals surface area contributed by atoms with E-state index in [-0.39, 0.29) is 11.1 Å². The van der Waals surface area contributed by atoms with Crippen molar-refractivity contribution in [1.29, 1.82) is 0 Å². The number of aryl methyl sites for hydroxylation is 2. The Morgan fingerprint density at radius 1 is 0.905 bits per heavy atom. The van der Waals surface area contributed by atoms with E-state index in [1.165, 1.54) is 42.6 Å². The van der Waals surface area contributed by atoms with Gasteiger partial charge in [0.2, 0.25) is 0 Å². The quantitative estimate of drug-likeness (QED) is 0.632. The number of rotatable bonds is 2. The Hall–Kier alpha value is -2.48. The maximum Gasteiger partial charge on any atom is 0.123 e. The Morgan fingerprint density at radius 3 is 2.38 bits per heavy atom. The predicted molar refractivity (Wildman–Crippen MR) is 84.5 cm³/mol. The highest BCUT2D eigenvalue weighted by Gasteiger charge is 2.06. The lowest BCUT2D eigenvalue weighted by atomic mass is 9.97. The molecule has 0 bridgehead atoms. The van der Waals surface area contributed by atoms with Crippen LogP contribution in [-0.4, -0.2) is 4.98 Å². The van der Waals surface area contributed by atoms with E-state index in [1.54, 1.807) is 18.2 Å². The van der Waals surface area contributed by atoms with Gasteiger partial charge >= 0.3 is 0 Å². The molecule has 3 aromatic rings. The minimum Gasteiger partial charge on any atom is -0.256 e. The van der Waals surface area contributed by atoms with E-state index in [9.17, 15) is 4.39 Å². The van der Waals surface area contributed by atoms with Crippen LogP contribution in [-0.2, 0) is 0 Å². The third-order valence-corrected chi connectivity index (χ3v) is 3.23. The molecule has 1 aromatic heterocycles. The molecule has 0 amide bonds. The number of halogens is 1. The molecule has 2 heteroatoms. The van der Waals surface area contributed by atoms with Crippen molar-refractivity contribution in [2.75, 3.05) is 0 Å². The molecule has 0 fully saturated rings. The van der Waals surface area contributed by atoms with E-state index in [0.29, 0.717) is 22.4 Å². The lowest BCUT2D eigenvalue weighted by Gasteiger charge is -2.09. The van der Waals surface area contributed by atoms with Crippen LogP contribution in [0.1, 0.15) is 19.4 Å². The molecular weight excluding hydrogens is 261 g/mol. The zero-order valence-corrected chi connectivity index (χ0v) is 11.1. The largest absolute Gasteiger partial charge is 0.256 e. The van der Waals surface area contributed by atoms with Gasteiger partial charge in [-0.25, -0.2) is 4.39 Å². The molecule has 104 valence electrons. The number of hydrogen-bond acceptors (Lipinski definition) is 1. The molecule has 0 unspecified atom stereocenters. The topological polar surface area (TPSA) is 12.9 Å². The van der Waals surface area contributed by atoms with E-state index in [4.69, 9.17) is 8.22 Å². The Kier molecular flexibility index (Phi) is 2.11. The van der Waals surface area contributed by atoms with Crippen LogP contribution in [0.3, 0.4) is 0 Å². The van der Waals surface area contributed by atoms with E-state index < -0.39 is 19.5 Å². The van der Waals surface area contributed by atoms with Crippen molar-refractivity contribution in [3.63, 3.8) is 0 Å². The van der Waals surface area contributed by atoms with Gasteiger partial charge in [-0.15, -0.1) is 0 Å². The molecule has 0 aliphatic rings. The molecule has 0 aliphatic carbocycles. The highest BCUT2D eigenvalue weighted by molar-refractivity contribution is 5.74. The highest BCUT2D eigenvalue weighted by atomic mass is 19.1. The number of pyridine rings is 1. The van der Waals surface area contributed by atoms with Crippen LogP contribution in [0, 0.1) is 19.5 Å². The van der Waals surface area contributed by atoms with Gasteiger partial charge in [-0.2, -0.15) is 0 Å². The molecule has 0 radical (unpaired) electrons. The van der Waals surface area contributed by atoms with Crippen molar-refractivity contribution in [3.8, 4) is 22.4 Å². The molecule has 0 atom stereocenters. The molecule has 3 rings (SSSR count). The minimum atomic E-state index is -2.33. The smallest absolute Gasteiger partial charge is 0.123 e. The summed E-state index contributed by atoms with van der Waals surface area (Å²) in [6.45, 7) is -4.57. The van der Waals surface area contributed by atoms with Crippen LogP contribution >= 0.6 is 0 Å². The van der Waals surface area contributed by atoms with Gasteiger partial charge in [-0.3, -0.25) is 4.98 Å². The van der Waals surface area contributed by atoms with Crippen LogP contribution in [0.25, 0.3) is 22.4 Å². The van der Waals surface area contributed by atoms with E-state index >= 15 is 0 Å². The highest BCUT2D eigenvalue weighted by Crippen LogP contribution is 2.28. The summed E-state index contributed by atoms with van der Waals surface area (Å²) < 4.78 is 58.7. The monoisotopic (exact) mass is 283 g/mol. The lowest BCUT2D eigenvalue weighted by molar-refractivity contribution is 0.628. The summed E-state index contributed by atoms with van der Waals surface area (Å²) in [7, 11) is 0. The van der Waals surface area contributed by atoms with Crippen LogP contribution in [0.5, 0.6) is 0 Å². The van der Waals surface area contributed by atoms with Gasteiger partial charge in [-0.1, -0.05) is 30.3 Å². The fourth-order valence-electron chi connectivity index (χ4n) is 2.14. The second-order valence-electron chi connectivity index (χ2n) is 4.70. The Balaban J connectivity index is 2.11. The van der Waals surface area contributed by atoms with Gasteiger partial charge in [0, 0.05) is 20.0 Å². The summed E-state index contributed by atoms with van der Waals surface area (Å²) in [6, 6.07) is 13.5. The van der Waals surface area contributed by atoms with Crippen molar-refractivity contribution in [1.82, 2.24) is 4.98 Å². The normalized spacial score (nSPS) is 16.0. The van der Waals surface area contributed by atoms with Gasteiger partial charge in [0.15, 0.2) is 0 Å². The Bertz CT molecular complexity index is 944. The van der Waals surface area contributed by atoms with Crippen LogP contribution in [0.4, 0.5) is 4.39 Å². The second-order valence-corrected chi connectivity index (χ2v) is 4.70. The van der Waals surface area contributed by atoms with E-state index in [0.717, 1.165) is 0 Å². The summed E-state index contributed by atoms with van der Waals surface area (Å²) >= 11 is 0. The fourth-order valence-corrected chi connectivity index (χ4v) is 2.14. The second kappa shape index (κ2) is 5.49. The summed E-state index contributed by atoms with van der Waals surface area (Å²) in [5.74, 6) is -0.410. The first-order valence-electron chi connectivity index (χ1n) is 9.43. The Morgan fingerprint density at radius 2 is 1.71 bits per heavy atom. The van der Waals surface area contributed by atoms with Crippen LogP contribution in [0.2, 0.25) is 0 Å². The van der Waals surface area contributed by atoms with Crippen molar-refractivity contribution in [2.24, 2.45) is 0 Å². The zero-order chi connectivity index (χ0) is 19.8. The van der Waals surface area contributed by atoms with E-state index in [1.807, 2.05) is 0 Å². The first kappa shape index (κ1) is 8.08. The average molecular weight is 283 g/mol. The minimum absolute atomic E-state index is 0.129. The standard InChI is InChI=1S/C19H16FN/c1-13-3-10-19(21-12-13)16-5-4-14(2)18(11-16)15-6-8-17(20)9-7-15/h3-12H,1-2H3/i1D3,2D3. The molecule has 0 saturated heterocycles. The summed E-state index contributed by atoms with van der Waals surface area (Å²) in [6.07, 6.45) is 1.29. The van der Waals surface area contributed by atoms with Gasteiger partial charge in [0.05, 0.1) is 5.69 Å². The number of benzene rings is 2. The first-order valence-corrected chi connectivity index (χ1v) is 6.43. The summed E-state index contributed by atoms with van der Waals surface area (Å²) in [5.41, 5.74) is 2.46. The van der Waals surface area contributed by atoms with Crippen LogP contribution < -0.4 is 0 Å². The third-order valence-electron chi connectivity index (χ3n) is 3.23. The van der Waals surface area contributed by atoms with Crippen molar-refractivity contribution in [2.45, 2.75) is 13.7 Å². The number of nitrogens with zero attached hydrogens (tertiary/aromatic N) is 1. The molecule has 2 aromatic carbocycles. The molecular formula is C19H16FN. The van der Waals surface area contributed by atoms with Crippen molar-refractivity contribution < 1.29 is 12.6 Å². The fraction of sp³-hybridized carbons (Fsp3) is 0.105. The van der Waals surface area contributed by atoms with Gasteiger partial charge < -0.3 is 0 Å². The predicted octanol–water partition coefficient (Wildman–Crippen LogP) is 5.17. The maximum atomic E-state index is 13.2.